The summed E-state index contributed by atoms with van der Waals surface area (Å²) in [6.45, 7) is 9.51. The summed E-state index contributed by atoms with van der Waals surface area (Å²) in [5.41, 5.74) is -0.964. The molecule has 0 aliphatic rings. The molecule has 0 aromatic rings. The quantitative estimate of drug-likeness (QED) is 0.709. The van der Waals surface area contributed by atoms with Gasteiger partial charge >= 0.3 is 5.97 Å². The van der Waals surface area contributed by atoms with E-state index in [2.05, 4.69) is 0 Å². The summed E-state index contributed by atoms with van der Waals surface area (Å²) in [6.07, 6.45) is 0.0606. The third-order valence-corrected chi connectivity index (χ3v) is 1.99. The molecule has 0 bridgehead atoms. The van der Waals surface area contributed by atoms with Crippen molar-refractivity contribution in [3.05, 3.63) is 0 Å². The number of aliphatic carboxylic acids is 1. The van der Waals surface area contributed by atoms with Gasteiger partial charge in [-0.15, -0.1) is 0 Å². The Balaban J connectivity index is 4.26. The fourth-order valence-electron chi connectivity index (χ4n) is 0.866. The van der Waals surface area contributed by atoms with E-state index in [-0.39, 0.29) is 25.4 Å². The molecule has 0 spiro atoms. The first kappa shape index (κ1) is 14.4. The minimum absolute atomic E-state index is 0.0303. The third-order valence-electron chi connectivity index (χ3n) is 1.99. The number of carboxylic acids is 1. The Morgan fingerprint density at radius 1 is 1.13 bits per heavy atom. The van der Waals surface area contributed by atoms with Gasteiger partial charge in [-0.25, -0.2) is 0 Å². The molecule has 0 atom stereocenters. The van der Waals surface area contributed by atoms with Crippen molar-refractivity contribution in [2.24, 2.45) is 5.41 Å². The number of ether oxygens (including phenoxy) is 2. The predicted octanol–water partition coefficient (Wildman–Crippen LogP) is 1.93. The summed E-state index contributed by atoms with van der Waals surface area (Å²) in [4.78, 5) is 11.1. The predicted molar refractivity (Wildman–Crippen MR) is 57.9 cm³/mol. The number of carbonyl (C=O) groups is 1. The van der Waals surface area contributed by atoms with E-state index in [4.69, 9.17) is 14.6 Å². The van der Waals surface area contributed by atoms with Crippen LogP contribution in [0.5, 0.6) is 0 Å². The van der Waals surface area contributed by atoms with E-state index in [0.717, 1.165) is 0 Å². The molecule has 1 N–H and O–H groups in total. The van der Waals surface area contributed by atoms with Crippen LogP contribution in [0.1, 0.15) is 34.6 Å². The van der Waals surface area contributed by atoms with Crippen molar-refractivity contribution >= 4 is 5.97 Å². The molecule has 0 amide bonds. The number of hydrogen-bond donors (Lipinski definition) is 1. The summed E-state index contributed by atoms with van der Waals surface area (Å²) >= 11 is 0. The zero-order valence-corrected chi connectivity index (χ0v) is 10.2. The maximum absolute atomic E-state index is 11.1. The lowest BCUT2D eigenvalue weighted by molar-refractivity contribution is -0.159. The van der Waals surface area contributed by atoms with Gasteiger partial charge in [-0.1, -0.05) is 0 Å². The van der Waals surface area contributed by atoms with Gasteiger partial charge in [-0.3, -0.25) is 4.79 Å². The van der Waals surface area contributed by atoms with Gasteiger partial charge in [0.15, 0.2) is 0 Å². The van der Waals surface area contributed by atoms with E-state index in [1.165, 1.54) is 0 Å². The molecule has 0 aliphatic carbocycles. The molecule has 0 aliphatic heterocycles. The number of rotatable bonds is 7. The normalized spacial score (nSPS) is 12.5. The molecule has 4 heteroatoms. The van der Waals surface area contributed by atoms with Gasteiger partial charge in [0.1, 0.15) is 5.41 Å². The minimum atomic E-state index is -0.964. The molecular weight excluding hydrogens is 196 g/mol. The lowest BCUT2D eigenvalue weighted by Crippen LogP contribution is -2.39. The van der Waals surface area contributed by atoms with Crippen LogP contribution in [-0.4, -0.2) is 36.5 Å². The molecule has 0 unspecified atom stereocenters. The first-order chi connectivity index (χ1) is 6.78. The molecule has 0 heterocycles. The summed E-state index contributed by atoms with van der Waals surface area (Å²) in [7, 11) is 0. The highest BCUT2D eigenvalue weighted by atomic mass is 16.5. The molecule has 0 aromatic carbocycles. The molecular formula is C11H22O4. The van der Waals surface area contributed by atoms with E-state index >= 15 is 0 Å². The van der Waals surface area contributed by atoms with E-state index in [0.29, 0.717) is 0 Å². The lowest BCUT2D eigenvalue weighted by Gasteiger charge is -2.26. The first-order valence-corrected chi connectivity index (χ1v) is 5.24. The van der Waals surface area contributed by atoms with Gasteiger partial charge < -0.3 is 14.6 Å². The topological polar surface area (TPSA) is 55.8 Å². The number of carboxylic acid groups (broad SMARTS) is 1. The van der Waals surface area contributed by atoms with Gasteiger partial charge in [0.25, 0.3) is 0 Å². The minimum Gasteiger partial charge on any atom is -0.481 e. The molecule has 15 heavy (non-hydrogen) atoms. The van der Waals surface area contributed by atoms with Gasteiger partial charge in [-0.05, 0) is 34.6 Å². The Kier molecular flexibility index (Phi) is 5.83. The van der Waals surface area contributed by atoms with E-state index < -0.39 is 11.4 Å². The second kappa shape index (κ2) is 6.08. The van der Waals surface area contributed by atoms with Crippen molar-refractivity contribution < 1.29 is 19.4 Å². The van der Waals surface area contributed by atoms with Crippen LogP contribution in [0.4, 0.5) is 0 Å². The highest BCUT2D eigenvalue weighted by Gasteiger charge is 2.34. The fourth-order valence-corrected chi connectivity index (χ4v) is 0.866. The Bertz CT molecular complexity index is 187. The van der Waals surface area contributed by atoms with E-state index in [9.17, 15) is 4.79 Å². The average molecular weight is 218 g/mol. The summed E-state index contributed by atoms with van der Waals surface area (Å²) in [5.74, 6) is -0.885. The second-order valence-corrected chi connectivity index (χ2v) is 4.59. The Morgan fingerprint density at radius 3 is 1.67 bits per heavy atom. The molecule has 0 rings (SSSR count). The first-order valence-electron chi connectivity index (χ1n) is 5.24. The second-order valence-electron chi connectivity index (χ2n) is 4.59. The summed E-state index contributed by atoms with van der Waals surface area (Å²) in [5, 5.41) is 9.10. The maximum Gasteiger partial charge on any atom is 0.314 e. The van der Waals surface area contributed by atoms with E-state index in [1.807, 2.05) is 27.7 Å². The van der Waals surface area contributed by atoms with Gasteiger partial charge in [0, 0.05) is 0 Å². The van der Waals surface area contributed by atoms with Crippen LogP contribution in [0, 0.1) is 5.41 Å². The third kappa shape index (κ3) is 5.74. The maximum atomic E-state index is 11.1. The van der Waals surface area contributed by atoms with Crippen molar-refractivity contribution in [1.29, 1.82) is 0 Å². The van der Waals surface area contributed by atoms with Gasteiger partial charge in [0.2, 0.25) is 0 Å². The highest BCUT2D eigenvalue weighted by molar-refractivity contribution is 5.74. The molecule has 0 fully saturated rings. The average Bonchev–Trinajstić information content (AvgIpc) is 2.11. The van der Waals surface area contributed by atoms with Crippen molar-refractivity contribution in [3.63, 3.8) is 0 Å². The molecule has 90 valence electrons. The van der Waals surface area contributed by atoms with Crippen molar-refractivity contribution in [2.45, 2.75) is 46.8 Å². The zero-order valence-electron chi connectivity index (χ0n) is 10.2. The molecule has 0 radical (unpaired) electrons. The molecule has 4 nitrogen and oxygen atoms in total. The van der Waals surface area contributed by atoms with Crippen LogP contribution in [0.25, 0.3) is 0 Å². The molecule has 0 saturated heterocycles. The van der Waals surface area contributed by atoms with Crippen LogP contribution < -0.4 is 0 Å². The molecule has 0 saturated carbocycles. The van der Waals surface area contributed by atoms with Crippen LogP contribution in [-0.2, 0) is 14.3 Å². The zero-order chi connectivity index (χ0) is 12.1. The van der Waals surface area contributed by atoms with E-state index in [1.54, 1.807) is 6.92 Å². The van der Waals surface area contributed by atoms with Crippen molar-refractivity contribution in [3.8, 4) is 0 Å². The van der Waals surface area contributed by atoms with Crippen molar-refractivity contribution in [2.75, 3.05) is 13.2 Å². The number of hydrogen-bond acceptors (Lipinski definition) is 3. The van der Waals surface area contributed by atoms with Crippen molar-refractivity contribution in [1.82, 2.24) is 0 Å². The van der Waals surface area contributed by atoms with Crippen LogP contribution >= 0.6 is 0 Å². The Labute approximate surface area is 91.6 Å². The van der Waals surface area contributed by atoms with Crippen LogP contribution in [0.3, 0.4) is 0 Å². The van der Waals surface area contributed by atoms with Crippen LogP contribution in [0.2, 0.25) is 0 Å². The Morgan fingerprint density at radius 2 is 1.47 bits per heavy atom. The smallest absolute Gasteiger partial charge is 0.314 e. The van der Waals surface area contributed by atoms with Gasteiger partial charge in [-0.2, -0.15) is 0 Å². The molecule has 0 aromatic heterocycles. The Hall–Kier alpha value is -0.610. The monoisotopic (exact) mass is 218 g/mol. The highest BCUT2D eigenvalue weighted by Crippen LogP contribution is 2.19. The van der Waals surface area contributed by atoms with Crippen LogP contribution in [0.15, 0.2) is 0 Å². The lowest BCUT2D eigenvalue weighted by atomic mass is 9.93. The largest absolute Gasteiger partial charge is 0.481 e. The van der Waals surface area contributed by atoms with Gasteiger partial charge in [0.05, 0.1) is 25.4 Å². The summed E-state index contributed by atoms with van der Waals surface area (Å²) in [6, 6.07) is 0. The standard InChI is InChI=1S/C11H22O4/c1-8(2)14-6-11(5,10(12)13)7-15-9(3)4/h8-9H,6-7H2,1-5H3,(H,12,13). The summed E-state index contributed by atoms with van der Waals surface area (Å²) < 4.78 is 10.7. The fraction of sp³-hybridized carbons (Fsp3) is 0.909. The SMILES string of the molecule is CC(C)OCC(C)(COC(C)C)C(=O)O.